The van der Waals surface area contributed by atoms with E-state index in [1.54, 1.807) is 12.1 Å². The fourth-order valence-corrected chi connectivity index (χ4v) is 4.48. The van der Waals surface area contributed by atoms with Crippen LogP contribution < -0.4 is 10.5 Å². The number of fused-ring (bicyclic) bond motifs is 1. The zero-order valence-corrected chi connectivity index (χ0v) is 15.6. The maximum Gasteiger partial charge on any atom is 0.275 e. The first kappa shape index (κ1) is 18.1. The third kappa shape index (κ3) is 3.90. The summed E-state index contributed by atoms with van der Waals surface area (Å²) in [6, 6.07) is 6.30. The third-order valence-electron chi connectivity index (χ3n) is 5.32. The SMILES string of the molecule is NS(=O)(=O)c1cccc(Cc2nc(C(=O)N3CC4CCNCC4C3)co2)c1. The summed E-state index contributed by atoms with van der Waals surface area (Å²) in [6.45, 7) is 3.48. The Morgan fingerprint density at radius 1 is 1.33 bits per heavy atom. The van der Waals surface area contributed by atoms with Crippen LogP contribution in [-0.4, -0.2) is 50.4 Å². The molecule has 2 saturated heterocycles. The molecule has 0 aliphatic carbocycles. The van der Waals surface area contributed by atoms with Crippen molar-refractivity contribution in [2.24, 2.45) is 17.0 Å². The number of aromatic nitrogens is 1. The molecule has 1 aromatic heterocycles. The predicted molar refractivity (Wildman–Crippen MR) is 97.5 cm³/mol. The van der Waals surface area contributed by atoms with E-state index in [0.29, 0.717) is 29.0 Å². The Hall–Kier alpha value is -2.23. The lowest BCUT2D eigenvalue weighted by Crippen LogP contribution is -2.35. The molecule has 2 aromatic rings. The van der Waals surface area contributed by atoms with Crippen molar-refractivity contribution in [1.82, 2.24) is 15.2 Å². The molecule has 2 fully saturated rings. The molecule has 2 unspecified atom stereocenters. The molecule has 8 nitrogen and oxygen atoms in total. The van der Waals surface area contributed by atoms with Crippen molar-refractivity contribution in [2.45, 2.75) is 17.7 Å². The number of nitrogens with zero attached hydrogens (tertiary/aromatic N) is 2. The van der Waals surface area contributed by atoms with E-state index in [0.717, 1.165) is 32.6 Å². The van der Waals surface area contributed by atoms with Gasteiger partial charge in [-0.15, -0.1) is 0 Å². The average Bonchev–Trinajstić information content (AvgIpc) is 3.27. The molecule has 3 heterocycles. The van der Waals surface area contributed by atoms with Crippen LogP contribution in [0.2, 0.25) is 0 Å². The first-order valence-corrected chi connectivity index (χ1v) is 10.5. The van der Waals surface area contributed by atoms with Crippen molar-refractivity contribution in [2.75, 3.05) is 26.2 Å². The van der Waals surface area contributed by atoms with Crippen LogP contribution in [0.1, 0.15) is 28.4 Å². The standard InChI is InChI=1S/C18H22N4O4S/c19-27(24,25)15-3-1-2-12(6-15)7-17-21-16(11-26-17)18(23)22-9-13-4-5-20-8-14(13)10-22/h1-3,6,11,13-14,20H,4-5,7-10H2,(H2,19,24,25). The lowest BCUT2D eigenvalue weighted by Gasteiger charge is -2.23. The third-order valence-corrected chi connectivity index (χ3v) is 6.23. The molecule has 27 heavy (non-hydrogen) atoms. The van der Waals surface area contributed by atoms with Gasteiger partial charge in [0.1, 0.15) is 6.26 Å². The highest BCUT2D eigenvalue weighted by Gasteiger charge is 2.37. The number of nitrogens with two attached hydrogens (primary N) is 1. The lowest BCUT2D eigenvalue weighted by atomic mass is 9.90. The van der Waals surface area contributed by atoms with Crippen LogP contribution >= 0.6 is 0 Å². The van der Waals surface area contributed by atoms with Crippen molar-refractivity contribution in [1.29, 1.82) is 0 Å². The summed E-state index contributed by atoms with van der Waals surface area (Å²) in [6.07, 6.45) is 2.76. The number of primary sulfonamides is 1. The van der Waals surface area contributed by atoms with Crippen molar-refractivity contribution in [3.05, 3.63) is 47.7 Å². The van der Waals surface area contributed by atoms with Gasteiger partial charge in [0.2, 0.25) is 10.0 Å². The number of carbonyl (C=O) groups excluding carboxylic acids is 1. The highest BCUT2D eigenvalue weighted by atomic mass is 32.2. The van der Waals surface area contributed by atoms with Gasteiger partial charge in [-0.3, -0.25) is 4.79 Å². The van der Waals surface area contributed by atoms with Gasteiger partial charge >= 0.3 is 0 Å². The molecule has 0 spiro atoms. The Labute approximate surface area is 157 Å². The fourth-order valence-electron chi connectivity index (χ4n) is 3.90. The van der Waals surface area contributed by atoms with Crippen molar-refractivity contribution in [3.8, 4) is 0 Å². The van der Waals surface area contributed by atoms with Gasteiger partial charge in [0.25, 0.3) is 5.91 Å². The zero-order valence-electron chi connectivity index (χ0n) is 14.8. The van der Waals surface area contributed by atoms with Crippen LogP contribution in [0.3, 0.4) is 0 Å². The van der Waals surface area contributed by atoms with E-state index in [-0.39, 0.29) is 17.2 Å². The number of hydrogen-bond donors (Lipinski definition) is 2. The maximum atomic E-state index is 12.7. The van der Waals surface area contributed by atoms with Gasteiger partial charge in [0.15, 0.2) is 11.6 Å². The molecule has 4 rings (SSSR count). The number of sulfonamides is 1. The van der Waals surface area contributed by atoms with E-state index in [1.807, 2.05) is 4.90 Å². The van der Waals surface area contributed by atoms with Crippen LogP contribution in [0.25, 0.3) is 0 Å². The van der Waals surface area contributed by atoms with Crippen LogP contribution in [0.4, 0.5) is 0 Å². The van der Waals surface area contributed by atoms with Crippen molar-refractivity contribution < 1.29 is 17.6 Å². The van der Waals surface area contributed by atoms with Crippen LogP contribution in [-0.2, 0) is 16.4 Å². The number of piperidine rings is 1. The molecule has 1 amide bonds. The van der Waals surface area contributed by atoms with Gasteiger partial charge in [-0.1, -0.05) is 12.1 Å². The second-order valence-corrected chi connectivity index (χ2v) is 8.78. The maximum absolute atomic E-state index is 12.7. The number of benzene rings is 1. The minimum Gasteiger partial charge on any atom is -0.448 e. The Bertz CT molecular complexity index is 942. The van der Waals surface area contributed by atoms with Gasteiger partial charge in [-0.05, 0) is 49.0 Å². The Balaban J connectivity index is 1.45. The summed E-state index contributed by atoms with van der Waals surface area (Å²) in [4.78, 5) is 18.9. The quantitative estimate of drug-likeness (QED) is 0.789. The molecule has 3 N–H and O–H groups in total. The number of hydrogen-bond acceptors (Lipinski definition) is 6. The topological polar surface area (TPSA) is 119 Å². The fraction of sp³-hybridized carbons (Fsp3) is 0.444. The number of oxazole rings is 1. The number of rotatable bonds is 4. The predicted octanol–water partition coefficient (Wildman–Crippen LogP) is 0.594. The summed E-state index contributed by atoms with van der Waals surface area (Å²) < 4.78 is 28.4. The van der Waals surface area contributed by atoms with Crippen molar-refractivity contribution >= 4 is 15.9 Å². The number of amides is 1. The zero-order chi connectivity index (χ0) is 19.0. The van der Waals surface area contributed by atoms with E-state index in [4.69, 9.17) is 9.56 Å². The molecule has 1 aromatic carbocycles. The van der Waals surface area contributed by atoms with Crippen LogP contribution in [0.5, 0.6) is 0 Å². The average molecular weight is 390 g/mol. The van der Waals surface area contributed by atoms with Gasteiger partial charge in [0, 0.05) is 19.5 Å². The van der Waals surface area contributed by atoms with E-state index in [1.165, 1.54) is 18.4 Å². The second kappa shape index (κ2) is 7.06. The van der Waals surface area contributed by atoms with E-state index < -0.39 is 10.0 Å². The lowest BCUT2D eigenvalue weighted by molar-refractivity contribution is 0.0778. The first-order chi connectivity index (χ1) is 12.9. The van der Waals surface area contributed by atoms with E-state index in [2.05, 4.69) is 10.3 Å². The van der Waals surface area contributed by atoms with Crippen molar-refractivity contribution in [3.63, 3.8) is 0 Å². The molecule has 0 radical (unpaired) electrons. The summed E-state index contributed by atoms with van der Waals surface area (Å²) in [5, 5.41) is 8.54. The molecule has 2 aliphatic heterocycles. The number of likely N-dealkylation sites (tertiary alicyclic amines) is 1. The monoisotopic (exact) mass is 390 g/mol. The molecule has 2 aliphatic rings. The summed E-state index contributed by atoms with van der Waals surface area (Å²) in [5.74, 6) is 1.32. The Morgan fingerprint density at radius 2 is 2.15 bits per heavy atom. The largest absolute Gasteiger partial charge is 0.448 e. The van der Waals surface area contributed by atoms with Crippen LogP contribution in [0.15, 0.2) is 39.8 Å². The smallest absolute Gasteiger partial charge is 0.275 e. The molecular weight excluding hydrogens is 368 g/mol. The molecule has 9 heteroatoms. The molecule has 2 atom stereocenters. The first-order valence-electron chi connectivity index (χ1n) is 8.96. The second-order valence-electron chi connectivity index (χ2n) is 7.22. The van der Waals surface area contributed by atoms with E-state index in [9.17, 15) is 13.2 Å². The normalized spacial score (nSPS) is 22.6. The number of carbonyl (C=O) groups is 1. The van der Waals surface area contributed by atoms with Gasteiger partial charge in [-0.25, -0.2) is 18.5 Å². The minimum absolute atomic E-state index is 0.0381. The van der Waals surface area contributed by atoms with E-state index >= 15 is 0 Å². The van der Waals surface area contributed by atoms with Gasteiger partial charge < -0.3 is 14.6 Å². The summed E-state index contributed by atoms with van der Waals surface area (Å²) >= 11 is 0. The molecule has 144 valence electrons. The van der Waals surface area contributed by atoms with Crippen LogP contribution in [0, 0.1) is 11.8 Å². The highest BCUT2D eigenvalue weighted by molar-refractivity contribution is 7.89. The molecule has 0 bridgehead atoms. The minimum atomic E-state index is -3.76. The number of nitrogens with one attached hydrogen (secondary N) is 1. The Morgan fingerprint density at radius 3 is 2.93 bits per heavy atom. The Kier molecular flexibility index (Phi) is 4.75. The molecular formula is C18H22N4O4S. The summed E-state index contributed by atoms with van der Waals surface area (Å²) in [7, 11) is -3.76. The highest BCUT2D eigenvalue weighted by Crippen LogP contribution is 2.29. The van der Waals surface area contributed by atoms with Gasteiger partial charge in [-0.2, -0.15) is 0 Å². The van der Waals surface area contributed by atoms with Gasteiger partial charge in [0.05, 0.1) is 4.90 Å². The summed E-state index contributed by atoms with van der Waals surface area (Å²) in [5.41, 5.74) is 0.986. The molecule has 0 saturated carbocycles.